The van der Waals surface area contributed by atoms with Gasteiger partial charge in [0.1, 0.15) is 0 Å². The summed E-state index contributed by atoms with van der Waals surface area (Å²) in [5.74, 6) is 0. The maximum absolute atomic E-state index is 10.0. The standard InChI is InChI=1S/C14H15O2Si/c15-11-14(16)17(12-7-3-1-4-8-12)13-9-5-2-6-10-13/h1-10,14-16H,11H2. The normalized spacial score (nSPS) is 12.6. The molecular weight excluding hydrogens is 228 g/mol. The van der Waals surface area contributed by atoms with Crippen LogP contribution in [0.5, 0.6) is 0 Å². The zero-order valence-corrected chi connectivity index (χ0v) is 10.5. The molecule has 0 saturated carbocycles. The maximum atomic E-state index is 10.0. The van der Waals surface area contributed by atoms with Gasteiger partial charge in [-0.2, -0.15) is 0 Å². The predicted octanol–water partition coefficient (Wildman–Crippen LogP) is 0.188. The molecule has 0 aliphatic heterocycles. The molecule has 0 fully saturated rings. The molecule has 0 aliphatic carbocycles. The van der Waals surface area contributed by atoms with Crippen LogP contribution in [0.2, 0.25) is 0 Å². The van der Waals surface area contributed by atoms with Crippen LogP contribution in [0.25, 0.3) is 0 Å². The minimum absolute atomic E-state index is 0.196. The third-order valence-corrected chi connectivity index (χ3v) is 5.44. The SMILES string of the molecule is OCC(O)[Si](c1ccccc1)c1ccccc1. The van der Waals surface area contributed by atoms with Crippen molar-refractivity contribution in [3.05, 3.63) is 60.7 Å². The van der Waals surface area contributed by atoms with E-state index in [1.165, 1.54) is 0 Å². The lowest BCUT2D eigenvalue weighted by atomic mass is 10.4. The Morgan fingerprint density at radius 2 is 1.24 bits per heavy atom. The third-order valence-electron chi connectivity index (χ3n) is 2.68. The van der Waals surface area contributed by atoms with Gasteiger partial charge in [-0.3, -0.25) is 0 Å². The zero-order chi connectivity index (χ0) is 12.1. The molecule has 2 N–H and O–H groups in total. The van der Waals surface area contributed by atoms with Crippen molar-refractivity contribution < 1.29 is 10.2 Å². The van der Waals surface area contributed by atoms with Crippen LogP contribution in [0, 0.1) is 0 Å². The van der Waals surface area contributed by atoms with Gasteiger partial charge in [-0.1, -0.05) is 71.0 Å². The topological polar surface area (TPSA) is 40.5 Å². The number of hydrogen-bond acceptors (Lipinski definition) is 2. The highest BCUT2D eigenvalue weighted by Crippen LogP contribution is 1.97. The lowest BCUT2D eigenvalue weighted by Crippen LogP contribution is -2.53. The molecule has 1 radical (unpaired) electrons. The first kappa shape index (κ1) is 12.0. The van der Waals surface area contributed by atoms with E-state index < -0.39 is 14.5 Å². The molecule has 87 valence electrons. The largest absolute Gasteiger partial charge is 0.394 e. The van der Waals surface area contributed by atoms with Crippen LogP contribution in [-0.4, -0.2) is 31.3 Å². The van der Waals surface area contributed by atoms with Crippen molar-refractivity contribution in [2.24, 2.45) is 0 Å². The first-order valence-corrected chi connectivity index (χ1v) is 7.17. The summed E-state index contributed by atoms with van der Waals surface area (Å²) in [6, 6.07) is 19.8. The van der Waals surface area contributed by atoms with Crippen molar-refractivity contribution in [3.63, 3.8) is 0 Å². The molecular formula is C14H15O2Si. The van der Waals surface area contributed by atoms with E-state index in [1.807, 2.05) is 60.7 Å². The molecule has 0 bridgehead atoms. The average Bonchev–Trinajstić information content (AvgIpc) is 2.41. The fourth-order valence-corrected chi connectivity index (χ4v) is 4.27. The van der Waals surface area contributed by atoms with Crippen LogP contribution in [-0.2, 0) is 0 Å². The van der Waals surface area contributed by atoms with Crippen LogP contribution in [0.1, 0.15) is 0 Å². The van der Waals surface area contributed by atoms with E-state index in [4.69, 9.17) is 0 Å². The van der Waals surface area contributed by atoms with E-state index in [0.717, 1.165) is 10.4 Å². The smallest absolute Gasteiger partial charge is 0.157 e. The van der Waals surface area contributed by atoms with Crippen LogP contribution in [0.3, 0.4) is 0 Å². The van der Waals surface area contributed by atoms with Crippen LogP contribution < -0.4 is 10.4 Å². The van der Waals surface area contributed by atoms with Crippen molar-refractivity contribution in [2.75, 3.05) is 6.61 Å². The second-order valence-corrected chi connectivity index (χ2v) is 6.49. The molecule has 1 unspecified atom stereocenters. The quantitative estimate of drug-likeness (QED) is 0.753. The fraction of sp³-hybridized carbons (Fsp3) is 0.143. The molecule has 2 aromatic carbocycles. The number of hydrogen-bond donors (Lipinski definition) is 2. The summed E-state index contributed by atoms with van der Waals surface area (Å²) in [6.45, 7) is -0.196. The average molecular weight is 243 g/mol. The van der Waals surface area contributed by atoms with Crippen molar-refractivity contribution >= 4 is 19.2 Å². The number of rotatable bonds is 4. The summed E-state index contributed by atoms with van der Waals surface area (Å²) in [7, 11) is -1.32. The highest BCUT2D eigenvalue weighted by molar-refractivity contribution is 6.86. The molecule has 2 rings (SSSR count). The van der Waals surface area contributed by atoms with Gasteiger partial charge < -0.3 is 10.2 Å². The van der Waals surface area contributed by atoms with Gasteiger partial charge >= 0.3 is 0 Å². The highest BCUT2D eigenvalue weighted by atomic mass is 28.3. The molecule has 0 amide bonds. The zero-order valence-electron chi connectivity index (χ0n) is 9.45. The Labute approximate surface area is 103 Å². The second kappa shape index (κ2) is 5.77. The summed E-state index contributed by atoms with van der Waals surface area (Å²) in [4.78, 5) is 0. The van der Waals surface area contributed by atoms with E-state index in [1.54, 1.807) is 0 Å². The van der Waals surface area contributed by atoms with Crippen LogP contribution in [0.4, 0.5) is 0 Å². The molecule has 0 heterocycles. The van der Waals surface area contributed by atoms with Gasteiger partial charge in [-0.05, 0) is 0 Å². The highest BCUT2D eigenvalue weighted by Gasteiger charge is 2.24. The molecule has 0 saturated heterocycles. The fourth-order valence-electron chi connectivity index (χ4n) is 1.88. The summed E-state index contributed by atoms with van der Waals surface area (Å²) in [5, 5.41) is 21.5. The number of aliphatic hydroxyl groups is 2. The first-order valence-electron chi connectivity index (χ1n) is 5.59. The molecule has 3 heteroatoms. The first-order chi connectivity index (χ1) is 8.33. The number of aliphatic hydroxyl groups excluding tert-OH is 2. The summed E-state index contributed by atoms with van der Waals surface area (Å²) in [5.41, 5.74) is -0.676. The minimum atomic E-state index is -1.32. The van der Waals surface area contributed by atoms with Crippen molar-refractivity contribution in [1.82, 2.24) is 0 Å². The Morgan fingerprint density at radius 3 is 1.59 bits per heavy atom. The molecule has 2 nitrogen and oxygen atoms in total. The predicted molar refractivity (Wildman–Crippen MR) is 71.0 cm³/mol. The monoisotopic (exact) mass is 243 g/mol. The Kier molecular flexibility index (Phi) is 4.09. The molecule has 17 heavy (non-hydrogen) atoms. The van der Waals surface area contributed by atoms with Crippen molar-refractivity contribution in [3.8, 4) is 0 Å². The van der Waals surface area contributed by atoms with Gasteiger partial charge in [0.15, 0.2) is 8.80 Å². The maximum Gasteiger partial charge on any atom is 0.157 e. The summed E-state index contributed by atoms with van der Waals surface area (Å²) < 4.78 is 0. The Balaban J connectivity index is 2.39. The summed E-state index contributed by atoms with van der Waals surface area (Å²) in [6.07, 6.45) is 0. The lowest BCUT2D eigenvalue weighted by Gasteiger charge is -2.20. The van der Waals surface area contributed by atoms with E-state index in [0.29, 0.717) is 0 Å². The number of benzene rings is 2. The van der Waals surface area contributed by atoms with E-state index in [-0.39, 0.29) is 6.61 Å². The van der Waals surface area contributed by atoms with Gasteiger partial charge in [-0.15, -0.1) is 0 Å². The van der Waals surface area contributed by atoms with Gasteiger partial charge in [0, 0.05) is 0 Å². The molecule has 0 aliphatic rings. The van der Waals surface area contributed by atoms with Crippen LogP contribution >= 0.6 is 0 Å². The lowest BCUT2D eigenvalue weighted by molar-refractivity contribution is 0.151. The van der Waals surface area contributed by atoms with Crippen LogP contribution in [0.15, 0.2) is 60.7 Å². The van der Waals surface area contributed by atoms with Crippen molar-refractivity contribution in [2.45, 2.75) is 5.73 Å². The van der Waals surface area contributed by atoms with Gasteiger partial charge in [-0.25, -0.2) is 0 Å². The molecule has 1 atom stereocenters. The molecule has 2 aromatic rings. The third kappa shape index (κ3) is 2.82. The van der Waals surface area contributed by atoms with E-state index in [2.05, 4.69) is 0 Å². The second-order valence-electron chi connectivity index (χ2n) is 3.84. The Hall–Kier alpha value is -1.42. The van der Waals surface area contributed by atoms with Crippen molar-refractivity contribution in [1.29, 1.82) is 0 Å². The van der Waals surface area contributed by atoms with Gasteiger partial charge in [0.2, 0.25) is 0 Å². The van der Waals surface area contributed by atoms with Gasteiger partial charge in [0.25, 0.3) is 0 Å². The van der Waals surface area contributed by atoms with E-state index >= 15 is 0 Å². The van der Waals surface area contributed by atoms with Gasteiger partial charge in [0.05, 0.1) is 12.3 Å². The Morgan fingerprint density at radius 1 is 0.824 bits per heavy atom. The van der Waals surface area contributed by atoms with E-state index in [9.17, 15) is 10.2 Å². The molecule has 0 aromatic heterocycles. The summed E-state index contributed by atoms with van der Waals surface area (Å²) >= 11 is 0. The molecule has 0 spiro atoms. The minimum Gasteiger partial charge on any atom is -0.394 e. The Bertz CT molecular complexity index is 405.